The van der Waals surface area contributed by atoms with Crippen LogP contribution in [0.25, 0.3) is 0 Å². The zero-order valence-electron chi connectivity index (χ0n) is 11.1. The van der Waals surface area contributed by atoms with Crippen molar-refractivity contribution >= 4 is 22.4 Å². The van der Waals surface area contributed by atoms with Crippen LogP contribution in [0.4, 0.5) is 5.13 Å². The molecule has 2 aromatic rings. The molecule has 1 amide bonds. The number of nitrogens with zero attached hydrogens (tertiary/aromatic N) is 3. The number of thiazole rings is 1. The van der Waals surface area contributed by atoms with Gasteiger partial charge in [0.1, 0.15) is 6.04 Å². The van der Waals surface area contributed by atoms with Crippen LogP contribution in [0.3, 0.4) is 0 Å². The van der Waals surface area contributed by atoms with Gasteiger partial charge in [-0.25, -0.2) is 15.4 Å². The molecule has 0 spiro atoms. The van der Waals surface area contributed by atoms with Gasteiger partial charge in [-0.3, -0.25) is 10.2 Å². The molecule has 8 heteroatoms. The number of aryl methyl sites for hydroxylation is 1. The van der Waals surface area contributed by atoms with Crippen molar-refractivity contribution in [2.75, 3.05) is 12.4 Å². The molecule has 20 heavy (non-hydrogen) atoms. The molecule has 3 rings (SSSR count). The van der Waals surface area contributed by atoms with Gasteiger partial charge < -0.3 is 9.88 Å². The van der Waals surface area contributed by atoms with Gasteiger partial charge in [-0.05, 0) is 19.9 Å². The van der Waals surface area contributed by atoms with Crippen molar-refractivity contribution < 1.29 is 4.79 Å². The number of hydrogen-bond acceptors (Lipinski definition) is 6. The third-order valence-corrected chi connectivity index (χ3v) is 3.97. The summed E-state index contributed by atoms with van der Waals surface area (Å²) in [5.74, 6) is -0.164. The number of carbonyl (C=O) groups is 1. The van der Waals surface area contributed by atoms with Crippen LogP contribution in [0.5, 0.6) is 0 Å². The highest BCUT2D eigenvalue weighted by atomic mass is 32.1. The van der Waals surface area contributed by atoms with E-state index in [0.29, 0.717) is 5.13 Å². The molecule has 0 aliphatic carbocycles. The van der Waals surface area contributed by atoms with Crippen LogP contribution in [0.2, 0.25) is 0 Å². The molecular formula is C12H16N6OS. The second-order valence-electron chi connectivity index (χ2n) is 4.53. The summed E-state index contributed by atoms with van der Waals surface area (Å²) in [7, 11) is 1.74. The fourth-order valence-corrected chi connectivity index (χ4v) is 2.94. The highest BCUT2D eigenvalue weighted by Gasteiger charge is 2.28. The van der Waals surface area contributed by atoms with Gasteiger partial charge in [0, 0.05) is 23.8 Å². The fraction of sp³-hybridized carbons (Fsp3) is 0.417. The minimum atomic E-state index is -0.529. The third kappa shape index (κ3) is 2.45. The SMILES string of the molecule is CNNC(C(=O)Nc1nccs1)c1ncn2c1CCC2. The summed E-state index contributed by atoms with van der Waals surface area (Å²) in [5.41, 5.74) is 7.71. The van der Waals surface area contributed by atoms with E-state index in [0.717, 1.165) is 30.8 Å². The molecule has 1 aliphatic rings. The van der Waals surface area contributed by atoms with Crippen LogP contribution < -0.4 is 16.2 Å². The van der Waals surface area contributed by atoms with Gasteiger partial charge >= 0.3 is 0 Å². The first-order valence-corrected chi connectivity index (χ1v) is 7.34. The Kier molecular flexibility index (Phi) is 3.77. The van der Waals surface area contributed by atoms with Crippen LogP contribution in [0, 0.1) is 0 Å². The lowest BCUT2D eigenvalue weighted by molar-refractivity contribution is -0.118. The average Bonchev–Trinajstić information content (AvgIpc) is 3.13. The summed E-state index contributed by atoms with van der Waals surface area (Å²) in [6, 6.07) is -0.529. The zero-order chi connectivity index (χ0) is 13.9. The van der Waals surface area contributed by atoms with Crippen LogP contribution in [-0.2, 0) is 17.8 Å². The Labute approximate surface area is 120 Å². The summed E-state index contributed by atoms with van der Waals surface area (Å²) in [4.78, 5) is 20.9. The molecule has 3 heterocycles. The Hall–Kier alpha value is -1.77. The molecule has 0 saturated heterocycles. The summed E-state index contributed by atoms with van der Waals surface area (Å²) >= 11 is 1.39. The minimum Gasteiger partial charge on any atom is -0.334 e. The molecule has 106 valence electrons. The van der Waals surface area contributed by atoms with Gasteiger partial charge in [-0.15, -0.1) is 11.3 Å². The smallest absolute Gasteiger partial charge is 0.250 e. The average molecular weight is 292 g/mol. The molecular weight excluding hydrogens is 276 g/mol. The maximum atomic E-state index is 12.4. The summed E-state index contributed by atoms with van der Waals surface area (Å²) in [6.45, 7) is 0.975. The highest BCUT2D eigenvalue weighted by Crippen LogP contribution is 2.24. The second kappa shape index (κ2) is 5.70. The minimum absolute atomic E-state index is 0.164. The van der Waals surface area contributed by atoms with Crippen LogP contribution >= 0.6 is 11.3 Å². The molecule has 7 nitrogen and oxygen atoms in total. The van der Waals surface area contributed by atoms with Gasteiger partial charge in [0.05, 0.1) is 12.0 Å². The van der Waals surface area contributed by atoms with E-state index in [-0.39, 0.29) is 5.91 Å². The predicted molar refractivity (Wildman–Crippen MR) is 76.2 cm³/mol. The quantitative estimate of drug-likeness (QED) is 0.706. The van der Waals surface area contributed by atoms with E-state index < -0.39 is 6.04 Å². The van der Waals surface area contributed by atoms with Crippen LogP contribution in [0.1, 0.15) is 23.9 Å². The van der Waals surface area contributed by atoms with Gasteiger partial charge in [-0.1, -0.05) is 0 Å². The molecule has 0 aromatic carbocycles. The largest absolute Gasteiger partial charge is 0.334 e. The number of carbonyl (C=O) groups excluding carboxylic acids is 1. The first kappa shape index (κ1) is 13.2. The van der Waals surface area contributed by atoms with Crippen molar-refractivity contribution in [1.82, 2.24) is 25.4 Å². The van der Waals surface area contributed by atoms with Crippen molar-refractivity contribution in [3.8, 4) is 0 Å². The van der Waals surface area contributed by atoms with Crippen LogP contribution in [0.15, 0.2) is 17.9 Å². The Morgan fingerprint density at radius 3 is 3.15 bits per heavy atom. The van der Waals surface area contributed by atoms with E-state index in [1.165, 1.54) is 11.3 Å². The summed E-state index contributed by atoms with van der Waals surface area (Å²) in [5, 5.41) is 5.22. The van der Waals surface area contributed by atoms with E-state index in [1.54, 1.807) is 19.6 Å². The van der Waals surface area contributed by atoms with Crippen molar-refractivity contribution in [3.05, 3.63) is 29.3 Å². The Morgan fingerprint density at radius 2 is 2.40 bits per heavy atom. The number of fused-ring (bicyclic) bond motifs is 1. The molecule has 0 radical (unpaired) electrons. The lowest BCUT2D eigenvalue weighted by Crippen LogP contribution is -2.40. The summed E-state index contributed by atoms with van der Waals surface area (Å²) < 4.78 is 2.11. The Bertz CT molecular complexity index is 593. The molecule has 0 saturated carbocycles. The molecule has 1 aliphatic heterocycles. The number of imidazole rings is 1. The number of anilines is 1. The number of amides is 1. The molecule has 1 unspecified atom stereocenters. The standard InChI is InChI=1S/C12H16N6OS/c1-13-17-10(11(19)16-12-14-4-6-20-12)9-8-3-2-5-18(8)7-15-9/h4,6-7,10,13,17H,2-3,5H2,1H3,(H,14,16,19). The van der Waals surface area contributed by atoms with Gasteiger partial charge in [0.25, 0.3) is 5.91 Å². The number of nitrogens with one attached hydrogen (secondary N) is 3. The van der Waals surface area contributed by atoms with Gasteiger partial charge in [0.2, 0.25) is 0 Å². The maximum Gasteiger partial charge on any atom is 0.250 e. The molecule has 1 atom stereocenters. The first-order chi connectivity index (χ1) is 9.79. The number of hydrazine groups is 1. The zero-order valence-corrected chi connectivity index (χ0v) is 11.9. The lowest BCUT2D eigenvalue weighted by atomic mass is 10.1. The third-order valence-electron chi connectivity index (χ3n) is 3.28. The normalized spacial score (nSPS) is 15.1. The van der Waals surface area contributed by atoms with E-state index >= 15 is 0 Å². The van der Waals surface area contributed by atoms with E-state index in [9.17, 15) is 4.79 Å². The number of aromatic nitrogens is 3. The topological polar surface area (TPSA) is 83.9 Å². The molecule has 0 bridgehead atoms. The van der Waals surface area contributed by atoms with Crippen molar-refractivity contribution in [3.63, 3.8) is 0 Å². The second-order valence-corrected chi connectivity index (χ2v) is 5.42. The van der Waals surface area contributed by atoms with Gasteiger partial charge in [0.15, 0.2) is 5.13 Å². The Balaban J connectivity index is 1.82. The van der Waals surface area contributed by atoms with Crippen molar-refractivity contribution in [1.29, 1.82) is 0 Å². The fourth-order valence-electron chi connectivity index (χ4n) is 2.41. The Morgan fingerprint density at radius 1 is 1.50 bits per heavy atom. The molecule has 2 aromatic heterocycles. The van der Waals surface area contributed by atoms with Crippen LogP contribution in [-0.4, -0.2) is 27.5 Å². The number of rotatable bonds is 5. The van der Waals surface area contributed by atoms with E-state index in [2.05, 4.69) is 30.7 Å². The lowest BCUT2D eigenvalue weighted by Gasteiger charge is -2.16. The maximum absolute atomic E-state index is 12.4. The molecule has 3 N–H and O–H groups in total. The van der Waals surface area contributed by atoms with Crippen molar-refractivity contribution in [2.45, 2.75) is 25.4 Å². The summed E-state index contributed by atoms with van der Waals surface area (Å²) in [6.07, 6.45) is 5.53. The van der Waals surface area contributed by atoms with E-state index in [4.69, 9.17) is 0 Å². The molecule has 0 fully saturated rings. The monoisotopic (exact) mass is 292 g/mol. The van der Waals surface area contributed by atoms with Gasteiger partial charge in [-0.2, -0.15) is 0 Å². The van der Waals surface area contributed by atoms with E-state index in [1.807, 2.05) is 5.38 Å². The predicted octanol–water partition coefficient (Wildman–Crippen LogP) is 0.690. The first-order valence-electron chi connectivity index (χ1n) is 6.46. The van der Waals surface area contributed by atoms with Crippen molar-refractivity contribution in [2.24, 2.45) is 0 Å². The number of hydrogen-bond donors (Lipinski definition) is 3. The highest BCUT2D eigenvalue weighted by molar-refractivity contribution is 7.13.